The van der Waals surface area contributed by atoms with Crippen LogP contribution in [0.1, 0.15) is 38.5 Å². The fourth-order valence-electron chi connectivity index (χ4n) is 5.87. The molecule has 0 aromatic heterocycles. The van der Waals surface area contributed by atoms with E-state index in [4.69, 9.17) is 9.47 Å². The van der Waals surface area contributed by atoms with Crippen molar-refractivity contribution >= 4 is 11.8 Å². The molecule has 0 radical (unpaired) electrons. The molecule has 4 bridgehead atoms. The highest BCUT2D eigenvalue weighted by Crippen LogP contribution is 2.60. The molecule has 138 valence electrons. The first-order valence-electron chi connectivity index (χ1n) is 9.60. The molecule has 6 nitrogen and oxygen atoms in total. The maximum Gasteiger partial charge on any atom is 0.283 e. The van der Waals surface area contributed by atoms with Gasteiger partial charge in [-0.3, -0.25) is 20.4 Å². The number of carbonyl (C=O) groups is 2. The van der Waals surface area contributed by atoms with E-state index in [2.05, 4.69) is 10.9 Å². The van der Waals surface area contributed by atoms with Gasteiger partial charge < -0.3 is 9.47 Å². The highest BCUT2D eigenvalue weighted by Gasteiger charge is 2.54. The largest absolute Gasteiger partial charge is 0.485 e. The van der Waals surface area contributed by atoms with Crippen LogP contribution in [0, 0.1) is 23.2 Å². The topological polar surface area (TPSA) is 76.7 Å². The molecular weight excluding hydrogens is 332 g/mol. The van der Waals surface area contributed by atoms with Crippen LogP contribution in [0.4, 0.5) is 0 Å². The lowest BCUT2D eigenvalue weighted by Gasteiger charge is -2.55. The van der Waals surface area contributed by atoms with Crippen molar-refractivity contribution in [3.63, 3.8) is 0 Å². The Balaban J connectivity index is 1.20. The highest BCUT2D eigenvalue weighted by molar-refractivity contribution is 5.88. The van der Waals surface area contributed by atoms with Gasteiger partial charge in [0.05, 0.1) is 5.41 Å². The first kappa shape index (κ1) is 16.0. The Hall–Kier alpha value is -2.24. The van der Waals surface area contributed by atoms with Crippen LogP contribution < -0.4 is 20.3 Å². The maximum absolute atomic E-state index is 12.9. The monoisotopic (exact) mass is 356 g/mol. The van der Waals surface area contributed by atoms with Gasteiger partial charge in [0.15, 0.2) is 11.5 Å². The number of nitrogens with one attached hydrogen (secondary N) is 2. The van der Waals surface area contributed by atoms with Crippen molar-refractivity contribution in [3.8, 4) is 11.5 Å². The molecule has 26 heavy (non-hydrogen) atoms. The van der Waals surface area contributed by atoms with E-state index in [1.807, 2.05) is 12.1 Å². The summed E-state index contributed by atoms with van der Waals surface area (Å²) in [6.45, 7) is 0.135. The zero-order chi connectivity index (χ0) is 17.7. The molecule has 6 heteroatoms. The molecule has 2 N–H and O–H groups in total. The first-order chi connectivity index (χ1) is 12.6. The first-order valence-corrected chi connectivity index (χ1v) is 9.60. The summed E-state index contributed by atoms with van der Waals surface area (Å²) in [5.74, 6) is 2.85. The minimum atomic E-state index is -0.762. The summed E-state index contributed by atoms with van der Waals surface area (Å²) in [7, 11) is 0. The Kier molecular flexibility index (Phi) is 3.62. The van der Waals surface area contributed by atoms with Crippen molar-refractivity contribution in [2.75, 3.05) is 6.61 Å². The summed E-state index contributed by atoms with van der Waals surface area (Å²) >= 11 is 0. The van der Waals surface area contributed by atoms with E-state index in [1.54, 1.807) is 12.1 Å². The number of rotatable bonds is 2. The summed E-state index contributed by atoms with van der Waals surface area (Å²) in [5.41, 5.74) is 4.97. The molecule has 2 amide bonds. The molecule has 4 saturated carbocycles. The molecule has 1 unspecified atom stereocenters. The summed E-state index contributed by atoms with van der Waals surface area (Å²) in [6.07, 6.45) is 6.00. The predicted molar refractivity (Wildman–Crippen MR) is 93.2 cm³/mol. The molecular formula is C20H24N2O4. The Morgan fingerprint density at radius 3 is 2.19 bits per heavy atom. The second-order valence-electron chi connectivity index (χ2n) is 8.51. The van der Waals surface area contributed by atoms with Gasteiger partial charge in [-0.05, 0) is 68.4 Å². The number of carbonyl (C=O) groups excluding carboxylic acids is 2. The van der Waals surface area contributed by atoms with Gasteiger partial charge in [-0.2, -0.15) is 0 Å². The third-order valence-electron chi connectivity index (χ3n) is 6.62. The van der Waals surface area contributed by atoms with Crippen LogP contribution in [0.25, 0.3) is 0 Å². The average molecular weight is 356 g/mol. The molecule has 0 saturated heterocycles. The molecule has 4 fully saturated rings. The van der Waals surface area contributed by atoms with E-state index >= 15 is 0 Å². The van der Waals surface area contributed by atoms with Crippen LogP contribution in [0.3, 0.4) is 0 Å². The number of fused-ring (bicyclic) bond motifs is 1. The van der Waals surface area contributed by atoms with E-state index in [0.717, 1.165) is 19.3 Å². The summed E-state index contributed by atoms with van der Waals surface area (Å²) in [6, 6.07) is 7.26. The zero-order valence-electron chi connectivity index (χ0n) is 14.7. The standard InChI is InChI=1S/C20H24N2O4/c23-18(17-11-25-15-3-1-2-4-16(15)26-17)21-22-19(24)20-8-12-5-13(9-20)7-14(6-12)10-20/h1-4,12-14,17H,5-11H2,(H,21,23)(H,22,24). The van der Waals surface area contributed by atoms with Gasteiger partial charge in [0.2, 0.25) is 12.0 Å². The summed E-state index contributed by atoms with van der Waals surface area (Å²) < 4.78 is 11.3. The van der Waals surface area contributed by atoms with Crippen LogP contribution in [0.5, 0.6) is 11.5 Å². The predicted octanol–water partition coefficient (Wildman–Crippen LogP) is 2.19. The van der Waals surface area contributed by atoms with Crippen LogP contribution in [-0.4, -0.2) is 24.5 Å². The molecule has 1 aliphatic heterocycles. The molecule has 1 heterocycles. The normalized spacial score (nSPS) is 36.5. The van der Waals surface area contributed by atoms with Crippen LogP contribution in [0.15, 0.2) is 24.3 Å². The van der Waals surface area contributed by atoms with E-state index in [-0.39, 0.29) is 23.8 Å². The Morgan fingerprint density at radius 2 is 1.54 bits per heavy atom. The Bertz CT molecular complexity index is 712. The lowest BCUT2D eigenvalue weighted by atomic mass is 9.49. The van der Waals surface area contributed by atoms with E-state index in [9.17, 15) is 9.59 Å². The van der Waals surface area contributed by atoms with Gasteiger partial charge in [0, 0.05) is 0 Å². The molecule has 0 spiro atoms. The van der Waals surface area contributed by atoms with Crippen molar-refractivity contribution in [3.05, 3.63) is 24.3 Å². The molecule has 5 aliphatic rings. The fraction of sp³-hybridized carbons (Fsp3) is 0.600. The maximum atomic E-state index is 12.9. The van der Waals surface area contributed by atoms with Crippen LogP contribution in [-0.2, 0) is 9.59 Å². The van der Waals surface area contributed by atoms with E-state index in [1.165, 1.54) is 19.3 Å². The van der Waals surface area contributed by atoms with Gasteiger partial charge in [0.25, 0.3) is 5.91 Å². The number of benzene rings is 1. The molecule has 6 rings (SSSR count). The second kappa shape index (κ2) is 5.89. The second-order valence-corrected chi connectivity index (χ2v) is 8.51. The lowest BCUT2D eigenvalue weighted by molar-refractivity contribution is -0.150. The molecule has 1 aromatic rings. The van der Waals surface area contributed by atoms with E-state index < -0.39 is 6.10 Å². The highest BCUT2D eigenvalue weighted by atomic mass is 16.6. The van der Waals surface area contributed by atoms with Crippen LogP contribution >= 0.6 is 0 Å². The van der Waals surface area contributed by atoms with Crippen molar-refractivity contribution in [1.29, 1.82) is 0 Å². The van der Waals surface area contributed by atoms with Gasteiger partial charge in [-0.15, -0.1) is 0 Å². The Labute approximate surface area is 152 Å². The van der Waals surface area contributed by atoms with Crippen LogP contribution in [0.2, 0.25) is 0 Å². The number of hydrazine groups is 1. The summed E-state index contributed by atoms with van der Waals surface area (Å²) in [4.78, 5) is 25.3. The average Bonchev–Trinajstić information content (AvgIpc) is 2.64. The minimum Gasteiger partial charge on any atom is -0.485 e. The number of ether oxygens (including phenoxy) is 2. The molecule has 1 aromatic carbocycles. The van der Waals surface area contributed by atoms with Crippen molar-refractivity contribution in [2.45, 2.75) is 44.6 Å². The quantitative estimate of drug-likeness (QED) is 0.797. The molecule has 4 aliphatic carbocycles. The smallest absolute Gasteiger partial charge is 0.283 e. The van der Waals surface area contributed by atoms with Crippen molar-refractivity contribution < 1.29 is 19.1 Å². The van der Waals surface area contributed by atoms with Gasteiger partial charge in [-0.25, -0.2) is 0 Å². The number of hydrogen-bond acceptors (Lipinski definition) is 4. The fourth-order valence-corrected chi connectivity index (χ4v) is 5.87. The van der Waals surface area contributed by atoms with Crippen molar-refractivity contribution in [1.82, 2.24) is 10.9 Å². The van der Waals surface area contributed by atoms with Gasteiger partial charge in [-0.1, -0.05) is 12.1 Å². The van der Waals surface area contributed by atoms with E-state index in [0.29, 0.717) is 29.3 Å². The van der Waals surface area contributed by atoms with Crippen molar-refractivity contribution in [2.24, 2.45) is 23.2 Å². The number of amides is 2. The number of para-hydroxylation sites is 2. The summed E-state index contributed by atoms with van der Waals surface area (Å²) in [5, 5.41) is 0. The third kappa shape index (κ3) is 2.63. The number of hydrogen-bond donors (Lipinski definition) is 2. The minimum absolute atomic E-state index is 0.0259. The SMILES string of the molecule is O=C(NNC(=O)C12CC3CC(CC(C3)C1)C2)C1COc2ccccc2O1. The molecule has 1 atom stereocenters. The van der Waals surface area contributed by atoms with Gasteiger partial charge in [0.1, 0.15) is 6.61 Å². The zero-order valence-corrected chi connectivity index (χ0v) is 14.7. The Morgan fingerprint density at radius 1 is 0.923 bits per heavy atom. The third-order valence-corrected chi connectivity index (χ3v) is 6.62. The lowest BCUT2D eigenvalue weighted by Crippen LogP contribution is -2.58. The van der Waals surface area contributed by atoms with Gasteiger partial charge >= 0.3 is 0 Å².